The minimum absolute atomic E-state index is 0.0805. The van der Waals surface area contributed by atoms with E-state index in [4.69, 9.17) is 21.6 Å². The molecular formula is C20H13ClFN3O2. The Bertz CT molecular complexity index is 1030. The van der Waals surface area contributed by atoms with Crippen LogP contribution in [0, 0.1) is 17.1 Å². The quantitative estimate of drug-likeness (QED) is 0.707. The van der Waals surface area contributed by atoms with Crippen LogP contribution < -0.4 is 10.1 Å². The summed E-state index contributed by atoms with van der Waals surface area (Å²) < 4.78 is 19.6. The van der Waals surface area contributed by atoms with E-state index in [0.717, 1.165) is 11.6 Å². The number of hydrogen-bond acceptors (Lipinski definition) is 4. The van der Waals surface area contributed by atoms with Crippen LogP contribution in [0.4, 0.5) is 4.39 Å². The van der Waals surface area contributed by atoms with Crippen molar-refractivity contribution in [2.45, 2.75) is 6.54 Å². The smallest absolute Gasteiger partial charge is 0.254 e. The lowest BCUT2D eigenvalue weighted by Crippen LogP contribution is -2.23. The lowest BCUT2D eigenvalue weighted by molar-refractivity contribution is 0.0946. The Kier molecular flexibility index (Phi) is 5.64. The van der Waals surface area contributed by atoms with Crippen LogP contribution in [0.2, 0.25) is 5.02 Å². The molecule has 134 valence electrons. The predicted molar refractivity (Wildman–Crippen MR) is 98.0 cm³/mol. The van der Waals surface area contributed by atoms with Crippen molar-refractivity contribution in [1.29, 1.82) is 5.26 Å². The summed E-state index contributed by atoms with van der Waals surface area (Å²) >= 11 is 5.91. The van der Waals surface area contributed by atoms with Gasteiger partial charge in [-0.3, -0.25) is 4.79 Å². The number of nitrogens with one attached hydrogen (secondary N) is 1. The third-order valence-electron chi connectivity index (χ3n) is 3.63. The second-order valence-corrected chi connectivity index (χ2v) is 5.96. The van der Waals surface area contributed by atoms with Crippen LogP contribution >= 0.6 is 11.6 Å². The molecule has 1 amide bonds. The molecular weight excluding hydrogens is 369 g/mol. The molecule has 0 bridgehead atoms. The Hall–Kier alpha value is -3.43. The summed E-state index contributed by atoms with van der Waals surface area (Å²) in [6.45, 7) is 0.197. The molecule has 7 heteroatoms. The molecule has 0 saturated heterocycles. The molecule has 1 aromatic heterocycles. The molecule has 1 N–H and O–H groups in total. The van der Waals surface area contributed by atoms with Gasteiger partial charge >= 0.3 is 0 Å². The summed E-state index contributed by atoms with van der Waals surface area (Å²) in [4.78, 5) is 16.3. The van der Waals surface area contributed by atoms with Gasteiger partial charge in [-0.1, -0.05) is 23.7 Å². The highest BCUT2D eigenvalue weighted by atomic mass is 35.5. The maximum absolute atomic E-state index is 14.1. The first-order chi connectivity index (χ1) is 13.1. The van der Waals surface area contributed by atoms with Crippen LogP contribution in [0.5, 0.6) is 11.6 Å². The monoisotopic (exact) mass is 381 g/mol. The van der Waals surface area contributed by atoms with Gasteiger partial charge in [0.1, 0.15) is 23.2 Å². The first-order valence-corrected chi connectivity index (χ1v) is 8.30. The highest BCUT2D eigenvalue weighted by Gasteiger charge is 2.14. The summed E-state index contributed by atoms with van der Waals surface area (Å²) in [7, 11) is 0. The standard InChI is InChI=1S/C20H13ClFN3O2/c21-15-5-1-3-13(9-15)12-25-19(26)17-10-16(6-7-18(17)22)27-20-14(11-23)4-2-8-24-20/h1-10H,12H2,(H,25,26). The zero-order valence-corrected chi connectivity index (χ0v) is 14.7. The second-order valence-electron chi connectivity index (χ2n) is 5.52. The van der Waals surface area contributed by atoms with Crippen LogP contribution in [0.15, 0.2) is 60.8 Å². The molecule has 27 heavy (non-hydrogen) atoms. The van der Waals surface area contributed by atoms with Crippen LogP contribution in [0.3, 0.4) is 0 Å². The Morgan fingerprint density at radius 2 is 2.07 bits per heavy atom. The molecule has 3 rings (SSSR count). The number of aromatic nitrogens is 1. The molecule has 0 aliphatic rings. The van der Waals surface area contributed by atoms with E-state index in [9.17, 15) is 9.18 Å². The fourth-order valence-corrected chi connectivity index (χ4v) is 2.55. The summed E-state index contributed by atoms with van der Waals surface area (Å²) in [6, 6.07) is 15.8. The fourth-order valence-electron chi connectivity index (χ4n) is 2.34. The second kappa shape index (κ2) is 8.30. The van der Waals surface area contributed by atoms with Crippen molar-refractivity contribution in [2.75, 3.05) is 0 Å². The number of nitriles is 1. The highest BCUT2D eigenvalue weighted by molar-refractivity contribution is 6.30. The number of carbonyl (C=O) groups is 1. The number of halogens is 2. The van der Waals surface area contributed by atoms with E-state index in [0.29, 0.717) is 5.02 Å². The lowest BCUT2D eigenvalue weighted by atomic mass is 10.1. The number of carbonyl (C=O) groups excluding carboxylic acids is 1. The van der Waals surface area contributed by atoms with E-state index in [-0.39, 0.29) is 29.3 Å². The minimum Gasteiger partial charge on any atom is -0.438 e. The number of rotatable bonds is 5. The first kappa shape index (κ1) is 18.4. The highest BCUT2D eigenvalue weighted by Crippen LogP contribution is 2.24. The van der Waals surface area contributed by atoms with E-state index >= 15 is 0 Å². The van der Waals surface area contributed by atoms with Gasteiger partial charge in [0.05, 0.1) is 5.56 Å². The van der Waals surface area contributed by atoms with Crippen molar-refractivity contribution in [3.8, 4) is 17.7 Å². The van der Waals surface area contributed by atoms with Gasteiger partial charge in [-0.25, -0.2) is 9.37 Å². The van der Waals surface area contributed by atoms with Gasteiger partial charge < -0.3 is 10.1 Å². The van der Waals surface area contributed by atoms with Gasteiger partial charge in [-0.2, -0.15) is 5.26 Å². The molecule has 0 spiro atoms. The zero-order valence-electron chi connectivity index (χ0n) is 13.9. The van der Waals surface area contributed by atoms with Crippen molar-refractivity contribution in [3.05, 3.63) is 88.3 Å². The van der Waals surface area contributed by atoms with Crippen molar-refractivity contribution in [3.63, 3.8) is 0 Å². The largest absolute Gasteiger partial charge is 0.438 e. The molecule has 0 radical (unpaired) electrons. The molecule has 5 nitrogen and oxygen atoms in total. The van der Waals surface area contributed by atoms with Gasteiger partial charge in [0.25, 0.3) is 5.91 Å². The minimum atomic E-state index is -0.688. The fraction of sp³-hybridized carbons (Fsp3) is 0.0500. The van der Waals surface area contributed by atoms with E-state index in [1.165, 1.54) is 18.3 Å². The van der Waals surface area contributed by atoms with E-state index < -0.39 is 11.7 Å². The maximum atomic E-state index is 14.1. The summed E-state index contributed by atoms with van der Waals surface area (Å²) in [5.41, 5.74) is 0.841. The number of nitrogens with zero attached hydrogens (tertiary/aromatic N) is 2. The Morgan fingerprint density at radius 1 is 1.22 bits per heavy atom. The molecule has 0 atom stereocenters. The van der Waals surface area contributed by atoms with E-state index in [1.807, 2.05) is 6.07 Å². The lowest BCUT2D eigenvalue weighted by Gasteiger charge is -2.10. The average molecular weight is 382 g/mol. The zero-order chi connectivity index (χ0) is 19.2. The number of ether oxygens (including phenoxy) is 1. The van der Waals surface area contributed by atoms with Crippen molar-refractivity contribution >= 4 is 17.5 Å². The third kappa shape index (κ3) is 4.60. The SMILES string of the molecule is N#Cc1cccnc1Oc1ccc(F)c(C(=O)NCc2cccc(Cl)c2)c1. The Labute approximate surface area is 160 Å². The summed E-state index contributed by atoms with van der Waals surface area (Å²) in [5, 5.41) is 12.3. The summed E-state index contributed by atoms with van der Waals surface area (Å²) in [6.07, 6.45) is 1.47. The first-order valence-electron chi connectivity index (χ1n) is 7.92. The van der Waals surface area contributed by atoms with Gasteiger partial charge in [0, 0.05) is 17.8 Å². The van der Waals surface area contributed by atoms with Gasteiger partial charge in [-0.15, -0.1) is 0 Å². The molecule has 0 fully saturated rings. The van der Waals surface area contributed by atoms with Gasteiger partial charge in [-0.05, 0) is 48.0 Å². The van der Waals surface area contributed by atoms with E-state index in [2.05, 4.69) is 10.3 Å². The number of amides is 1. The molecule has 3 aromatic rings. The molecule has 2 aromatic carbocycles. The van der Waals surface area contributed by atoms with Crippen LogP contribution in [-0.2, 0) is 6.54 Å². The average Bonchev–Trinajstić information content (AvgIpc) is 2.68. The number of benzene rings is 2. The van der Waals surface area contributed by atoms with Crippen LogP contribution in [-0.4, -0.2) is 10.9 Å². The Balaban J connectivity index is 1.76. The van der Waals surface area contributed by atoms with E-state index in [1.54, 1.807) is 36.4 Å². The van der Waals surface area contributed by atoms with Gasteiger partial charge in [0.15, 0.2) is 0 Å². The normalized spacial score (nSPS) is 10.1. The van der Waals surface area contributed by atoms with Crippen molar-refractivity contribution in [1.82, 2.24) is 10.3 Å². The molecule has 0 unspecified atom stereocenters. The van der Waals surface area contributed by atoms with Crippen molar-refractivity contribution in [2.24, 2.45) is 0 Å². The van der Waals surface area contributed by atoms with Crippen LogP contribution in [0.25, 0.3) is 0 Å². The summed E-state index contributed by atoms with van der Waals surface area (Å²) in [5.74, 6) is -1.01. The molecule has 1 heterocycles. The number of hydrogen-bond donors (Lipinski definition) is 1. The molecule has 0 aliphatic heterocycles. The third-order valence-corrected chi connectivity index (χ3v) is 3.87. The maximum Gasteiger partial charge on any atom is 0.254 e. The predicted octanol–water partition coefficient (Wildman–Crippen LogP) is 4.47. The topological polar surface area (TPSA) is 75.0 Å². The van der Waals surface area contributed by atoms with Crippen molar-refractivity contribution < 1.29 is 13.9 Å². The van der Waals surface area contributed by atoms with Gasteiger partial charge in [0.2, 0.25) is 5.88 Å². The Morgan fingerprint density at radius 3 is 2.85 bits per heavy atom. The number of pyridine rings is 1. The van der Waals surface area contributed by atoms with Crippen LogP contribution in [0.1, 0.15) is 21.5 Å². The molecule has 0 aliphatic carbocycles. The molecule has 0 saturated carbocycles.